The number of hydrogen-bond acceptors (Lipinski definition) is 4. The highest BCUT2D eigenvalue weighted by Gasteiger charge is 2.14. The van der Waals surface area contributed by atoms with Gasteiger partial charge in [-0.1, -0.05) is 13.8 Å². The highest BCUT2D eigenvalue weighted by molar-refractivity contribution is 6.06. The van der Waals surface area contributed by atoms with Crippen LogP contribution in [0.4, 0.5) is 0 Å². The largest absolute Gasteiger partial charge is 0.340 e. The molecule has 0 aliphatic heterocycles. The van der Waals surface area contributed by atoms with Crippen LogP contribution in [0.2, 0.25) is 0 Å². The number of aromatic amines is 1. The second kappa shape index (κ2) is 4.02. The van der Waals surface area contributed by atoms with Crippen LogP contribution in [0.15, 0.2) is 12.3 Å². The maximum Gasteiger partial charge on any atom is 0.178 e. The number of ketones is 1. The first-order chi connectivity index (χ1) is 7.63. The van der Waals surface area contributed by atoms with Crippen molar-refractivity contribution < 1.29 is 4.79 Å². The third-order valence-electron chi connectivity index (χ3n) is 2.44. The van der Waals surface area contributed by atoms with Crippen molar-refractivity contribution in [2.24, 2.45) is 5.73 Å². The Bertz CT molecular complexity index is 530. The van der Waals surface area contributed by atoms with Gasteiger partial charge in [-0.05, 0) is 6.07 Å². The van der Waals surface area contributed by atoms with Gasteiger partial charge in [0.25, 0.3) is 0 Å². The standard InChI is InChI=1S/C11H14N4O/c1-6(2)10-14-9-7(8(16)5-12)3-4-13-11(9)15-10/h3-4,6H,5,12H2,1-2H3,(H,13,14,15). The van der Waals surface area contributed by atoms with Gasteiger partial charge in [0.2, 0.25) is 0 Å². The molecule has 84 valence electrons. The molecule has 0 saturated carbocycles. The molecular formula is C11H14N4O. The van der Waals surface area contributed by atoms with Crippen LogP contribution in [-0.4, -0.2) is 27.3 Å². The lowest BCUT2D eigenvalue weighted by Crippen LogP contribution is -2.14. The number of H-pyrrole nitrogens is 1. The molecule has 5 nitrogen and oxygen atoms in total. The van der Waals surface area contributed by atoms with Crippen LogP contribution in [0.5, 0.6) is 0 Å². The minimum absolute atomic E-state index is 0.00482. The first-order valence-electron chi connectivity index (χ1n) is 5.21. The Morgan fingerprint density at radius 3 is 2.94 bits per heavy atom. The smallest absolute Gasteiger partial charge is 0.178 e. The van der Waals surface area contributed by atoms with Gasteiger partial charge in [0, 0.05) is 17.7 Å². The average molecular weight is 218 g/mol. The lowest BCUT2D eigenvalue weighted by molar-refractivity contribution is 0.100. The van der Waals surface area contributed by atoms with E-state index >= 15 is 0 Å². The molecule has 0 aliphatic carbocycles. The van der Waals surface area contributed by atoms with E-state index in [4.69, 9.17) is 5.73 Å². The number of rotatable bonds is 3. The van der Waals surface area contributed by atoms with Crippen LogP contribution in [0.1, 0.15) is 35.9 Å². The highest BCUT2D eigenvalue weighted by atomic mass is 16.1. The zero-order chi connectivity index (χ0) is 11.7. The van der Waals surface area contributed by atoms with Gasteiger partial charge >= 0.3 is 0 Å². The second-order valence-corrected chi connectivity index (χ2v) is 3.96. The molecule has 0 radical (unpaired) electrons. The second-order valence-electron chi connectivity index (χ2n) is 3.96. The number of Topliss-reactive ketones (excluding diaryl/α,β-unsaturated/α-hetero) is 1. The van der Waals surface area contributed by atoms with Crippen LogP contribution >= 0.6 is 0 Å². The van der Waals surface area contributed by atoms with Gasteiger partial charge < -0.3 is 10.7 Å². The third kappa shape index (κ3) is 1.69. The Balaban J connectivity index is 2.63. The Hall–Kier alpha value is -1.75. The van der Waals surface area contributed by atoms with Gasteiger partial charge in [-0.2, -0.15) is 0 Å². The van der Waals surface area contributed by atoms with Gasteiger partial charge in [0.1, 0.15) is 5.82 Å². The number of hydrogen-bond donors (Lipinski definition) is 2. The molecule has 0 unspecified atom stereocenters. The van der Waals surface area contributed by atoms with Crippen molar-refractivity contribution >= 4 is 16.9 Å². The first kappa shape index (κ1) is 10.8. The summed E-state index contributed by atoms with van der Waals surface area (Å²) in [6, 6.07) is 1.67. The SMILES string of the molecule is CC(C)c1nc2nccc(C(=O)CN)c2[nH]1. The van der Waals surface area contributed by atoms with E-state index in [0.717, 1.165) is 5.82 Å². The van der Waals surface area contributed by atoms with Gasteiger partial charge in [0.15, 0.2) is 11.4 Å². The number of nitrogens with one attached hydrogen (secondary N) is 1. The topological polar surface area (TPSA) is 84.7 Å². The molecule has 3 N–H and O–H groups in total. The predicted octanol–water partition coefficient (Wildman–Crippen LogP) is 1.22. The summed E-state index contributed by atoms with van der Waals surface area (Å²) in [5.74, 6) is 1.00. The van der Waals surface area contributed by atoms with Gasteiger partial charge in [0.05, 0.1) is 12.1 Å². The maximum absolute atomic E-state index is 11.6. The Labute approximate surface area is 93.1 Å². The summed E-state index contributed by atoms with van der Waals surface area (Å²) < 4.78 is 0. The normalized spacial score (nSPS) is 11.2. The van der Waals surface area contributed by atoms with Crippen molar-refractivity contribution in [1.29, 1.82) is 0 Å². The van der Waals surface area contributed by atoms with Crippen LogP contribution in [0, 0.1) is 0 Å². The Morgan fingerprint density at radius 2 is 2.31 bits per heavy atom. The summed E-state index contributed by atoms with van der Waals surface area (Å²) in [5, 5.41) is 0. The van der Waals surface area contributed by atoms with E-state index in [1.807, 2.05) is 13.8 Å². The number of aromatic nitrogens is 3. The summed E-state index contributed by atoms with van der Waals surface area (Å²) in [6.07, 6.45) is 1.58. The van der Waals surface area contributed by atoms with Gasteiger partial charge in [-0.3, -0.25) is 4.79 Å². The third-order valence-corrected chi connectivity index (χ3v) is 2.44. The predicted molar refractivity (Wildman–Crippen MR) is 61.4 cm³/mol. The minimum atomic E-state index is -0.105. The van der Waals surface area contributed by atoms with E-state index in [-0.39, 0.29) is 18.2 Å². The number of fused-ring (bicyclic) bond motifs is 1. The van der Waals surface area contributed by atoms with Crippen LogP contribution in [0.25, 0.3) is 11.2 Å². The Kier molecular flexibility index (Phi) is 2.70. The molecule has 0 aliphatic rings. The van der Waals surface area contributed by atoms with Gasteiger partial charge in [-0.25, -0.2) is 9.97 Å². The van der Waals surface area contributed by atoms with Crippen molar-refractivity contribution in [3.63, 3.8) is 0 Å². The molecule has 16 heavy (non-hydrogen) atoms. The molecule has 0 bridgehead atoms. The molecule has 0 amide bonds. The number of carbonyl (C=O) groups excluding carboxylic acids is 1. The van der Waals surface area contributed by atoms with Crippen LogP contribution in [0.3, 0.4) is 0 Å². The number of carbonyl (C=O) groups is 1. The van der Waals surface area contributed by atoms with E-state index < -0.39 is 0 Å². The molecule has 2 heterocycles. The van der Waals surface area contributed by atoms with E-state index in [1.54, 1.807) is 12.3 Å². The fourth-order valence-corrected chi connectivity index (χ4v) is 1.54. The van der Waals surface area contributed by atoms with Crippen molar-refractivity contribution in [2.75, 3.05) is 6.54 Å². The fraction of sp³-hybridized carbons (Fsp3) is 0.364. The molecule has 0 spiro atoms. The highest BCUT2D eigenvalue weighted by Crippen LogP contribution is 2.18. The lowest BCUT2D eigenvalue weighted by Gasteiger charge is -1.98. The average Bonchev–Trinajstić information content (AvgIpc) is 2.71. The zero-order valence-corrected chi connectivity index (χ0v) is 9.32. The Morgan fingerprint density at radius 1 is 1.56 bits per heavy atom. The fourth-order valence-electron chi connectivity index (χ4n) is 1.54. The van der Waals surface area contributed by atoms with E-state index in [2.05, 4.69) is 15.0 Å². The van der Waals surface area contributed by atoms with E-state index in [1.165, 1.54) is 0 Å². The minimum Gasteiger partial charge on any atom is -0.340 e. The molecule has 2 rings (SSSR count). The lowest BCUT2D eigenvalue weighted by atomic mass is 10.1. The number of pyridine rings is 1. The zero-order valence-electron chi connectivity index (χ0n) is 9.32. The monoisotopic (exact) mass is 218 g/mol. The van der Waals surface area contributed by atoms with Crippen molar-refractivity contribution in [3.05, 3.63) is 23.7 Å². The van der Waals surface area contributed by atoms with Gasteiger partial charge in [-0.15, -0.1) is 0 Å². The summed E-state index contributed by atoms with van der Waals surface area (Å²) >= 11 is 0. The summed E-state index contributed by atoms with van der Waals surface area (Å²) in [5.41, 5.74) is 7.17. The summed E-state index contributed by atoms with van der Waals surface area (Å²) in [6.45, 7) is 4.05. The maximum atomic E-state index is 11.6. The summed E-state index contributed by atoms with van der Waals surface area (Å²) in [7, 11) is 0. The molecule has 0 aromatic carbocycles. The van der Waals surface area contributed by atoms with Crippen molar-refractivity contribution in [1.82, 2.24) is 15.0 Å². The molecule has 0 atom stereocenters. The molecule has 5 heteroatoms. The molecule has 2 aromatic heterocycles. The van der Waals surface area contributed by atoms with Crippen molar-refractivity contribution in [2.45, 2.75) is 19.8 Å². The van der Waals surface area contributed by atoms with E-state index in [9.17, 15) is 4.79 Å². The van der Waals surface area contributed by atoms with Crippen molar-refractivity contribution in [3.8, 4) is 0 Å². The summed E-state index contributed by atoms with van der Waals surface area (Å²) in [4.78, 5) is 23.2. The molecular weight excluding hydrogens is 204 g/mol. The number of nitrogens with two attached hydrogens (primary N) is 1. The molecule has 2 aromatic rings. The quantitative estimate of drug-likeness (QED) is 0.758. The van der Waals surface area contributed by atoms with E-state index in [0.29, 0.717) is 16.7 Å². The van der Waals surface area contributed by atoms with Crippen LogP contribution in [-0.2, 0) is 0 Å². The molecule has 0 saturated heterocycles. The first-order valence-corrected chi connectivity index (χ1v) is 5.21. The number of imidazole rings is 1. The van der Waals surface area contributed by atoms with Crippen LogP contribution < -0.4 is 5.73 Å². The number of nitrogens with zero attached hydrogens (tertiary/aromatic N) is 2. The molecule has 0 fully saturated rings.